The number of carbonyl (C=O) groups excluding carboxylic acids is 1. The van der Waals surface area contributed by atoms with E-state index in [1.165, 1.54) is 6.20 Å². The lowest BCUT2D eigenvalue weighted by atomic mass is 10.2. The van der Waals surface area contributed by atoms with E-state index in [0.717, 1.165) is 6.42 Å². The molecule has 1 atom stereocenters. The minimum Gasteiger partial charge on any atom is -0.380 e. The van der Waals surface area contributed by atoms with Crippen LogP contribution in [0.5, 0.6) is 0 Å². The minimum absolute atomic E-state index is 0.106. The molecular formula is C13H18ClN3O2. The summed E-state index contributed by atoms with van der Waals surface area (Å²) < 4.78 is 5.26. The van der Waals surface area contributed by atoms with Gasteiger partial charge in [0.1, 0.15) is 5.82 Å². The average molecular weight is 284 g/mol. The quantitative estimate of drug-likeness (QED) is 0.853. The topological polar surface area (TPSA) is 55.3 Å². The molecule has 0 saturated carbocycles. The van der Waals surface area contributed by atoms with E-state index in [9.17, 15) is 4.79 Å². The van der Waals surface area contributed by atoms with E-state index in [0.29, 0.717) is 23.9 Å². The lowest BCUT2D eigenvalue weighted by Gasteiger charge is -2.17. The Bertz CT molecular complexity index is 479. The van der Waals surface area contributed by atoms with Crippen molar-refractivity contribution in [3.8, 4) is 0 Å². The zero-order valence-corrected chi connectivity index (χ0v) is 12.1. The van der Waals surface area contributed by atoms with Crippen molar-refractivity contribution in [1.82, 2.24) is 14.9 Å². The molecule has 1 amide bonds. The van der Waals surface area contributed by atoms with Crippen LogP contribution < -0.4 is 0 Å². The van der Waals surface area contributed by atoms with E-state index in [-0.39, 0.29) is 23.6 Å². The molecule has 2 rings (SSSR count). The zero-order chi connectivity index (χ0) is 14.0. The highest BCUT2D eigenvalue weighted by Gasteiger charge is 2.29. The van der Waals surface area contributed by atoms with Crippen LogP contribution >= 0.6 is 11.6 Å². The summed E-state index contributed by atoms with van der Waals surface area (Å²) in [6.07, 6.45) is 2.46. The Balaban J connectivity index is 2.21. The molecule has 0 aliphatic carbocycles. The second-order valence-corrected chi connectivity index (χ2v) is 5.38. The zero-order valence-electron chi connectivity index (χ0n) is 11.4. The van der Waals surface area contributed by atoms with E-state index in [1.54, 1.807) is 12.0 Å². The Morgan fingerprint density at radius 3 is 2.89 bits per heavy atom. The molecule has 0 aromatic carbocycles. The van der Waals surface area contributed by atoms with Crippen molar-refractivity contribution in [3.63, 3.8) is 0 Å². The molecule has 19 heavy (non-hydrogen) atoms. The van der Waals surface area contributed by atoms with Crippen LogP contribution in [-0.4, -0.2) is 47.1 Å². The number of hydrogen-bond donors (Lipinski definition) is 0. The molecule has 104 valence electrons. The Kier molecular flexibility index (Phi) is 4.37. The number of methoxy groups -OCH3 is 1. The molecule has 1 unspecified atom stereocenters. The van der Waals surface area contributed by atoms with Crippen LogP contribution in [0.4, 0.5) is 0 Å². The highest BCUT2D eigenvalue weighted by molar-refractivity contribution is 6.33. The summed E-state index contributed by atoms with van der Waals surface area (Å²) >= 11 is 6.04. The second-order valence-electron chi connectivity index (χ2n) is 4.98. The fourth-order valence-corrected chi connectivity index (χ4v) is 2.24. The maximum Gasteiger partial charge on any atom is 0.274 e. The molecule has 1 aliphatic heterocycles. The SMILES string of the molecule is COC1CCN(C(=O)c2nc(C(C)C)ncc2Cl)C1. The molecule has 0 spiro atoms. The Labute approximate surface area is 117 Å². The molecule has 1 aromatic heterocycles. The Hall–Kier alpha value is -1.20. The van der Waals surface area contributed by atoms with Crippen molar-refractivity contribution in [2.75, 3.05) is 20.2 Å². The molecule has 5 nitrogen and oxygen atoms in total. The normalized spacial score (nSPS) is 19.2. The van der Waals surface area contributed by atoms with Crippen LogP contribution in [0.3, 0.4) is 0 Å². The smallest absolute Gasteiger partial charge is 0.274 e. The van der Waals surface area contributed by atoms with Gasteiger partial charge in [0, 0.05) is 26.1 Å². The van der Waals surface area contributed by atoms with Crippen molar-refractivity contribution in [2.24, 2.45) is 0 Å². The van der Waals surface area contributed by atoms with Crippen molar-refractivity contribution in [2.45, 2.75) is 32.3 Å². The lowest BCUT2D eigenvalue weighted by Crippen LogP contribution is -2.31. The van der Waals surface area contributed by atoms with Crippen molar-refractivity contribution < 1.29 is 9.53 Å². The number of hydrogen-bond acceptors (Lipinski definition) is 4. The first-order valence-corrected chi connectivity index (χ1v) is 6.75. The summed E-state index contributed by atoms with van der Waals surface area (Å²) in [7, 11) is 1.66. The largest absolute Gasteiger partial charge is 0.380 e. The van der Waals surface area contributed by atoms with Crippen LogP contribution in [-0.2, 0) is 4.74 Å². The number of halogens is 1. The first-order valence-electron chi connectivity index (χ1n) is 6.37. The monoisotopic (exact) mass is 283 g/mol. The van der Waals surface area contributed by atoms with E-state index >= 15 is 0 Å². The van der Waals surface area contributed by atoms with Crippen LogP contribution in [0.1, 0.15) is 42.5 Å². The lowest BCUT2D eigenvalue weighted by molar-refractivity contribution is 0.0718. The summed E-state index contributed by atoms with van der Waals surface area (Å²) in [6.45, 7) is 5.23. The molecule has 0 bridgehead atoms. The number of aromatic nitrogens is 2. The molecule has 0 radical (unpaired) electrons. The highest BCUT2D eigenvalue weighted by atomic mass is 35.5. The van der Waals surface area contributed by atoms with Gasteiger partial charge in [0.2, 0.25) is 0 Å². The summed E-state index contributed by atoms with van der Waals surface area (Å²) in [6, 6.07) is 0. The van der Waals surface area contributed by atoms with Gasteiger partial charge in [-0.15, -0.1) is 0 Å². The summed E-state index contributed by atoms with van der Waals surface area (Å²) in [5.41, 5.74) is 0.289. The standard InChI is InChI=1S/C13H18ClN3O2/c1-8(2)12-15-6-10(14)11(16-12)13(18)17-5-4-9(7-17)19-3/h6,8-9H,4-5,7H2,1-3H3. The van der Waals surface area contributed by atoms with Crippen LogP contribution in [0.25, 0.3) is 0 Å². The molecule has 1 aromatic rings. The Morgan fingerprint density at radius 2 is 2.32 bits per heavy atom. The highest BCUT2D eigenvalue weighted by Crippen LogP contribution is 2.21. The number of likely N-dealkylation sites (tertiary alicyclic amines) is 1. The molecule has 2 heterocycles. The third-order valence-electron chi connectivity index (χ3n) is 3.25. The first-order chi connectivity index (χ1) is 9.02. The van der Waals surface area contributed by atoms with Crippen LogP contribution in [0.15, 0.2) is 6.20 Å². The molecular weight excluding hydrogens is 266 g/mol. The maximum atomic E-state index is 12.4. The Morgan fingerprint density at radius 1 is 1.58 bits per heavy atom. The van der Waals surface area contributed by atoms with Gasteiger partial charge in [-0.05, 0) is 6.42 Å². The maximum absolute atomic E-state index is 12.4. The third kappa shape index (κ3) is 3.04. The first kappa shape index (κ1) is 14.2. The molecule has 0 N–H and O–H groups in total. The summed E-state index contributed by atoms with van der Waals surface area (Å²) in [5, 5.41) is 0.301. The van der Waals surface area contributed by atoms with Gasteiger partial charge in [0.05, 0.1) is 17.3 Å². The number of ether oxygens (including phenoxy) is 1. The van der Waals surface area contributed by atoms with Crippen molar-refractivity contribution in [1.29, 1.82) is 0 Å². The molecule has 1 aliphatic rings. The second kappa shape index (κ2) is 5.84. The average Bonchev–Trinajstić information content (AvgIpc) is 2.87. The van der Waals surface area contributed by atoms with Crippen LogP contribution in [0.2, 0.25) is 5.02 Å². The predicted molar refractivity (Wildman–Crippen MR) is 72.4 cm³/mol. The van der Waals surface area contributed by atoms with E-state index < -0.39 is 0 Å². The predicted octanol–water partition coefficient (Wildman–Crippen LogP) is 2.11. The summed E-state index contributed by atoms with van der Waals surface area (Å²) in [4.78, 5) is 22.6. The fourth-order valence-electron chi connectivity index (χ4n) is 2.06. The van der Waals surface area contributed by atoms with E-state index in [1.807, 2.05) is 13.8 Å². The van der Waals surface area contributed by atoms with Crippen LogP contribution in [0, 0.1) is 0 Å². The van der Waals surface area contributed by atoms with Crippen molar-refractivity contribution >= 4 is 17.5 Å². The van der Waals surface area contributed by atoms with Gasteiger partial charge in [0.15, 0.2) is 5.69 Å². The molecule has 1 fully saturated rings. The van der Waals surface area contributed by atoms with Crippen molar-refractivity contribution in [3.05, 3.63) is 22.7 Å². The van der Waals surface area contributed by atoms with Gasteiger partial charge in [0.25, 0.3) is 5.91 Å². The van der Waals surface area contributed by atoms with Gasteiger partial charge in [-0.25, -0.2) is 9.97 Å². The number of carbonyl (C=O) groups is 1. The number of rotatable bonds is 3. The summed E-state index contributed by atoms with van der Waals surface area (Å²) in [5.74, 6) is 0.651. The molecule has 1 saturated heterocycles. The van der Waals surface area contributed by atoms with Gasteiger partial charge in [-0.3, -0.25) is 4.79 Å². The fraction of sp³-hybridized carbons (Fsp3) is 0.615. The third-order valence-corrected chi connectivity index (χ3v) is 3.52. The van der Waals surface area contributed by atoms with Gasteiger partial charge in [-0.2, -0.15) is 0 Å². The number of nitrogens with zero attached hydrogens (tertiary/aromatic N) is 3. The minimum atomic E-state index is -0.145. The van der Waals surface area contributed by atoms with E-state index in [4.69, 9.17) is 16.3 Å². The van der Waals surface area contributed by atoms with Gasteiger partial charge >= 0.3 is 0 Å². The molecule has 6 heteroatoms. The van der Waals surface area contributed by atoms with E-state index in [2.05, 4.69) is 9.97 Å². The van der Waals surface area contributed by atoms with Gasteiger partial charge < -0.3 is 9.64 Å². The van der Waals surface area contributed by atoms with Gasteiger partial charge in [-0.1, -0.05) is 25.4 Å². The number of amides is 1.